The van der Waals surface area contributed by atoms with Crippen LogP contribution in [0.1, 0.15) is 11.1 Å². The van der Waals surface area contributed by atoms with E-state index >= 15 is 0 Å². The number of fused-ring (bicyclic) bond motifs is 3. The average Bonchev–Trinajstić information content (AvgIpc) is 3.06. The maximum absolute atomic E-state index is 2.31. The van der Waals surface area contributed by atoms with Crippen LogP contribution in [0.2, 0.25) is 0 Å². The molecule has 0 heterocycles. The molecule has 0 aromatic heterocycles. The molecule has 4 rings (SSSR count). The Bertz CT molecular complexity index is 990. The highest BCUT2D eigenvalue weighted by Crippen LogP contribution is 2.38. The van der Waals surface area contributed by atoms with Crippen molar-refractivity contribution in [2.24, 2.45) is 0 Å². The Labute approximate surface area is 178 Å². The molecule has 0 atom stereocenters. The number of benzene rings is 3. The van der Waals surface area contributed by atoms with E-state index in [-0.39, 0.29) is 24.0 Å². The molecule has 0 unspecified atom stereocenters. The zero-order valence-electron chi connectivity index (χ0n) is 15.7. The molecule has 0 amide bonds. The fourth-order valence-electron chi connectivity index (χ4n) is 3.48. The SMILES string of the molecule is CN(/C=C\C=[N+](C)c1ccccc1)c1ccc2c(c1)Cc1ccccc1-2.I. The minimum Gasteiger partial charge on any atom is -0.351 e. The summed E-state index contributed by atoms with van der Waals surface area (Å²) in [5.41, 5.74) is 7.98. The highest BCUT2D eigenvalue weighted by Gasteiger charge is 2.18. The molecule has 136 valence electrons. The fraction of sp³-hybridized carbons (Fsp3) is 0.125. The number of halogens is 1. The lowest BCUT2D eigenvalue weighted by molar-refractivity contribution is -0.398. The van der Waals surface area contributed by atoms with Crippen LogP contribution in [0.25, 0.3) is 11.1 Å². The van der Waals surface area contributed by atoms with E-state index in [9.17, 15) is 0 Å². The van der Waals surface area contributed by atoms with Crippen LogP contribution >= 0.6 is 24.0 Å². The van der Waals surface area contributed by atoms with Gasteiger partial charge in [-0.1, -0.05) is 48.5 Å². The Kier molecular flexibility index (Phi) is 6.11. The van der Waals surface area contributed by atoms with E-state index in [0.717, 1.165) is 6.42 Å². The van der Waals surface area contributed by atoms with E-state index in [2.05, 4.69) is 109 Å². The zero-order chi connectivity index (χ0) is 17.9. The van der Waals surface area contributed by atoms with Crippen LogP contribution in [-0.2, 0) is 6.42 Å². The van der Waals surface area contributed by atoms with Crippen LogP contribution in [0.5, 0.6) is 0 Å². The second-order valence-electron chi connectivity index (χ2n) is 6.72. The summed E-state index contributed by atoms with van der Waals surface area (Å²) < 4.78 is 2.11. The molecule has 0 saturated heterocycles. The first-order chi connectivity index (χ1) is 12.7. The summed E-state index contributed by atoms with van der Waals surface area (Å²) in [5.74, 6) is 0. The lowest BCUT2D eigenvalue weighted by Gasteiger charge is -2.15. The molecule has 3 heteroatoms. The van der Waals surface area contributed by atoms with Gasteiger partial charge in [0.2, 0.25) is 5.69 Å². The first-order valence-corrected chi connectivity index (χ1v) is 8.96. The number of hydrogen-bond acceptors (Lipinski definition) is 1. The highest BCUT2D eigenvalue weighted by atomic mass is 127. The maximum Gasteiger partial charge on any atom is 0.204 e. The van der Waals surface area contributed by atoms with E-state index in [1.807, 2.05) is 6.07 Å². The van der Waals surface area contributed by atoms with Gasteiger partial charge in [0, 0.05) is 37.1 Å². The van der Waals surface area contributed by atoms with Crippen molar-refractivity contribution in [1.82, 2.24) is 0 Å². The Balaban J connectivity index is 0.00000210. The van der Waals surface area contributed by atoms with E-state index in [1.165, 1.54) is 33.6 Å². The van der Waals surface area contributed by atoms with Crippen molar-refractivity contribution in [3.05, 3.63) is 96.2 Å². The second-order valence-corrected chi connectivity index (χ2v) is 6.72. The van der Waals surface area contributed by atoms with Crippen molar-refractivity contribution in [1.29, 1.82) is 0 Å². The number of allylic oxidation sites excluding steroid dienone is 1. The number of rotatable bonds is 4. The molecule has 1 aliphatic rings. The first-order valence-electron chi connectivity index (χ1n) is 8.96. The van der Waals surface area contributed by atoms with Gasteiger partial charge in [-0.3, -0.25) is 0 Å². The monoisotopic (exact) mass is 467 g/mol. The van der Waals surface area contributed by atoms with Gasteiger partial charge in [-0.15, -0.1) is 24.0 Å². The Morgan fingerprint density at radius 1 is 0.852 bits per heavy atom. The van der Waals surface area contributed by atoms with Gasteiger partial charge in [-0.05, 0) is 40.8 Å². The summed E-state index contributed by atoms with van der Waals surface area (Å²) in [6, 6.07) is 25.8. The Hall–Kier alpha value is -2.40. The minimum atomic E-state index is 0. The number of anilines is 1. The van der Waals surface area contributed by atoms with Crippen molar-refractivity contribution in [3.8, 4) is 11.1 Å². The minimum absolute atomic E-state index is 0. The normalized spacial score (nSPS) is 12.4. The van der Waals surface area contributed by atoms with Crippen molar-refractivity contribution in [2.75, 3.05) is 19.0 Å². The number of nitrogens with zero attached hydrogens (tertiary/aromatic N) is 2. The summed E-state index contributed by atoms with van der Waals surface area (Å²) in [6.45, 7) is 0. The Morgan fingerprint density at radius 2 is 1.56 bits per heavy atom. The van der Waals surface area contributed by atoms with Crippen LogP contribution < -0.4 is 4.90 Å². The zero-order valence-corrected chi connectivity index (χ0v) is 18.0. The molecule has 3 aromatic rings. The van der Waals surface area contributed by atoms with Crippen molar-refractivity contribution in [3.63, 3.8) is 0 Å². The van der Waals surface area contributed by atoms with Crippen molar-refractivity contribution >= 4 is 41.6 Å². The molecule has 27 heavy (non-hydrogen) atoms. The summed E-state index contributed by atoms with van der Waals surface area (Å²) in [4.78, 5) is 2.17. The molecule has 0 fully saturated rings. The van der Waals surface area contributed by atoms with E-state index < -0.39 is 0 Å². The summed E-state index contributed by atoms with van der Waals surface area (Å²) in [6.07, 6.45) is 7.28. The summed E-state index contributed by atoms with van der Waals surface area (Å²) >= 11 is 0. The largest absolute Gasteiger partial charge is 0.351 e. The van der Waals surface area contributed by atoms with Gasteiger partial charge < -0.3 is 4.90 Å². The number of hydrogen-bond donors (Lipinski definition) is 0. The van der Waals surface area contributed by atoms with E-state index in [1.54, 1.807) is 0 Å². The topological polar surface area (TPSA) is 6.25 Å². The Morgan fingerprint density at radius 3 is 2.37 bits per heavy atom. The van der Waals surface area contributed by atoms with Crippen molar-refractivity contribution in [2.45, 2.75) is 6.42 Å². The molecule has 0 bridgehead atoms. The predicted octanol–water partition coefficient (Wildman–Crippen LogP) is 5.87. The predicted molar refractivity (Wildman–Crippen MR) is 126 cm³/mol. The number of para-hydroxylation sites is 1. The van der Waals surface area contributed by atoms with E-state index in [0.29, 0.717) is 0 Å². The molecular formula is C24H24IN2+. The standard InChI is InChI=1S/C24H23N2.HI/c1-25(21-10-4-3-5-11-21)15-8-16-26(2)22-13-14-24-20(18-22)17-19-9-6-7-12-23(19)24;/h3-16,18H,17H2,1-2H3;1H/q+1;. The smallest absolute Gasteiger partial charge is 0.204 e. The molecule has 0 aliphatic heterocycles. The van der Waals surface area contributed by atoms with Crippen LogP contribution in [0, 0.1) is 0 Å². The first kappa shape index (κ1) is 19.4. The third-order valence-corrected chi connectivity index (χ3v) is 4.97. The average molecular weight is 467 g/mol. The summed E-state index contributed by atoms with van der Waals surface area (Å²) in [7, 11) is 4.16. The highest BCUT2D eigenvalue weighted by molar-refractivity contribution is 14.0. The third kappa shape index (κ3) is 4.14. The molecule has 0 radical (unpaired) electrons. The molecule has 1 aliphatic carbocycles. The fourth-order valence-corrected chi connectivity index (χ4v) is 3.48. The van der Waals surface area contributed by atoms with Gasteiger partial charge in [0.15, 0.2) is 6.21 Å². The van der Waals surface area contributed by atoms with E-state index in [4.69, 9.17) is 0 Å². The van der Waals surface area contributed by atoms with Gasteiger partial charge in [0.05, 0.1) is 0 Å². The molecule has 3 aromatic carbocycles. The maximum atomic E-state index is 2.31. The second kappa shape index (κ2) is 8.53. The van der Waals surface area contributed by atoms with Crippen LogP contribution in [0.15, 0.2) is 85.1 Å². The molecule has 0 saturated carbocycles. The molecule has 0 spiro atoms. The van der Waals surface area contributed by atoms with Crippen LogP contribution in [-0.4, -0.2) is 24.9 Å². The van der Waals surface area contributed by atoms with Gasteiger partial charge in [0.25, 0.3) is 0 Å². The van der Waals surface area contributed by atoms with Gasteiger partial charge in [-0.2, -0.15) is 0 Å². The molecular weight excluding hydrogens is 443 g/mol. The quantitative estimate of drug-likeness (QED) is 0.207. The van der Waals surface area contributed by atoms with Crippen LogP contribution in [0.3, 0.4) is 0 Å². The van der Waals surface area contributed by atoms with Gasteiger partial charge >= 0.3 is 0 Å². The lowest BCUT2D eigenvalue weighted by atomic mass is 10.1. The lowest BCUT2D eigenvalue weighted by Crippen LogP contribution is -2.08. The summed E-state index contributed by atoms with van der Waals surface area (Å²) in [5, 5.41) is 0. The molecule has 2 nitrogen and oxygen atoms in total. The molecule has 0 N–H and O–H groups in total. The van der Waals surface area contributed by atoms with Crippen molar-refractivity contribution < 1.29 is 4.58 Å². The third-order valence-electron chi connectivity index (χ3n) is 4.97. The van der Waals surface area contributed by atoms with Crippen LogP contribution in [0.4, 0.5) is 11.4 Å². The van der Waals surface area contributed by atoms with Gasteiger partial charge in [0.1, 0.15) is 7.05 Å². The van der Waals surface area contributed by atoms with Gasteiger partial charge in [-0.25, -0.2) is 4.58 Å².